The number of carbonyl (C=O) groups is 1. The zero-order chi connectivity index (χ0) is 14.9. The number of hydrogen-bond acceptors (Lipinski definition) is 4. The molecule has 0 bridgehead atoms. The van der Waals surface area contributed by atoms with Gasteiger partial charge in [-0.2, -0.15) is 5.10 Å². The Bertz CT molecular complexity index is 662. The summed E-state index contributed by atoms with van der Waals surface area (Å²) in [7, 11) is 0. The molecule has 22 heavy (non-hydrogen) atoms. The summed E-state index contributed by atoms with van der Waals surface area (Å²) in [5, 5.41) is 4.44. The number of aromatic nitrogens is 3. The van der Waals surface area contributed by atoms with Crippen LogP contribution < -0.4 is 4.90 Å². The first-order valence-corrected chi connectivity index (χ1v) is 7.75. The van der Waals surface area contributed by atoms with Crippen molar-refractivity contribution in [1.82, 2.24) is 19.7 Å². The second-order valence-corrected chi connectivity index (χ2v) is 6.04. The Balaban J connectivity index is 1.35. The van der Waals surface area contributed by atoms with Crippen molar-refractivity contribution in [2.45, 2.75) is 25.4 Å². The average Bonchev–Trinajstić information content (AvgIpc) is 3.12. The molecular formula is C16H19N5O. The minimum atomic E-state index is 0.214. The Morgan fingerprint density at radius 2 is 2.18 bits per heavy atom. The number of carbonyl (C=O) groups excluding carboxylic acids is 1. The molecule has 0 N–H and O–H groups in total. The van der Waals surface area contributed by atoms with Crippen LogP contribution in [0.4, 0.5) is 5.69 Å². The fraction of sp³-hybridized carbons (Fsp3) is 0.438. The topological polar surface area (TPSA) is 54.3 Å². The standard InChI is InChI=1S/C16H19N5O/c22-16-4-2-6-20(16)14-8-18-21(12-14)15-10-19(11-15)9-13-3-1-5-17-7-13/h1,3,5,7-8,12,15H,2,4,6,9-11H2. The van der Waals surface area contributed by atoms with Gasteiger partial charge in [0.25, 0.3) is 0 Å². The van der Waals surface area contributed by atoms with Gasteiger partial charge >= 0.3 is 0 Å². The average molecular weight is 297 g/mol. The van der Waals surface area contributed by atoms with E-state index in [-0.39, 0.29) is 5.91 Å². The van der Waals surface area contributed by atoms with E-state index in [9.17, 15) is 4.79 Å². The molecule has 4 rings (SSSR count). The van der Waals surface area contributed by atoms with Crippen molar-refractivity contribution in [3.8, 4) is 0 Å². The molecule has 0 saturated carbocycles. The maximum Gasteiger partial charge on any atom is 0.227 e. The van der Waals surface area contributed by atoms with Crippen molar-refractivity contribution >= 4 is 11.6 Å². The Morgan fingerprint density at radius 3 is 2.91 bits per heavy atom. The zero-order valence-electron chi connectivity index (χ0n) is 12.4. The second kappa shape index (κ2) is 5.53. The van der Waals surface area contributed by atoms with Crippen LogP contribution >= 0.6 is 0 Å². The van der Waals surface area contributed by atoms with E-state index in [2.05, 4.69) is 21.0 Å². The first kappa shape index (κ1) is 13.5. The molecule has 6 nitrogen and oxygen atoms in total. The van der Waals surface area contributed by atoms with Gasteiger partial charge in [0.15, 0.2) is 0 Å². The molecule has 2 aromatic heterocycles. The maximum atomic E-state index is 11.8. The Morgan fingerprint density at radius 1 is 1.27 bits per heavy atom. The first-order chi connectivity index (χ1) is 10.8. The number of likely N-dealkylation sites (tertiary alicyclic amines) is 1. The molecule has 4 heterocycles. The van der Waals surface area contributed by atoms with Gasteiger partial charge < -0.3 is 4.90 Å². The Kier molecular flexibility index (Phi) is 3.38. The van der Waals surface area contributed by atoms with Crippen molar-refractivity contribution in [2.24, 2.45) is 0 Å². The SMILES string of the molecule is O=C1CCCN1c1cnn(C2CN(Cc3cccnc3)C2)c1. The van der Waals surface area contributed by atoms with E-state index in [1.165, 1.54) is 5.56 Å². The van der Waals surface area contributed by atoms with Crippen LogP contribution in [0, 0.1) is 0 Å². The van der Waals surface area contributed by atoms with Crippen molar-refractivity contribution in [3.63, 3.8) is 0 Å². The summed E-state index contributed by atoms with van der Waals surface area (Å²) in [5.74, 6) is 0.214. The molecule has 1 amide bonds. The van der Waals surface area contributed by atoms with Crippen LogP contribution in [0.5, 0.6) is 0 Å². The Labute approximate surface area is 129 Å². The first-order valence-electron chi connectivity index (χ1n) is 7.75. The van der Waals surface area contributed by atoms with E-state index in [1.54, 1.807) is 6.20 Å². The molecule has 2 fully saturated rings. The van der Waals surface area contributed by atoms with E-state index in [1.807, 2.05) is 34.2 Å². The van der Waals surface area contributed by atoms with Gasteiger partial charge in [-0.15, -0.1) is 0 Å². The third-order valence-corrected chi connectivity index (χ3v) is 4.41. The van der Waals surface area contributed by atoms with Gasteiger partial charge in [-0.05, 0) is 18.1 Å². The maximum absolute atomic E-state index is 11.8. The van der Waals surface area contributed by atoms with Crippen molar-refractivity contribution in [3.05, 3.63) is 42.5 Å². The molecule has 2 aliphatic heterocycles. The van der Waals surface area contributed by atoms with Crippen LogP contribution in [0.3, 0.4) is 0 Å². The smallest absolute Gasteiger partial charge is 0.227 e. The van der Waals surface area contributed by atoms with Crippen LogP contribution in [0.1, 0.15) is 24.4 Å². The normalized spacial score (nSPS) is 19.6. The molecule has 0 spiro atoms. The van der Waals surface area contributed by atoms with Gasteiger partial charge in [0, 0.05) is 51.2 Å². The summed E-state index contributed by atoms with van der Waals surface area (Å²) < 4.78 is 2.00. The predicted molar refractivity (Wildman–Crippen MR) is 82.4 cm³/mol. The summed E-state index contributed by atoms with van der Waals surface area (Å²) in [6.45, 7) is 3.74. The van der Waals surface area contributed by atoms with E-state index >= 15 is 0 Å². The Hall–Kier alpha value is -2.21. The number of pyridine rings is 1. The molecular weight excluding hydrogens is 278 g/mol. The van der Waals surface area contributed by atoms with Crippen LogP contribution in [-0.4, -0.2) is 45.2 Å². The molecule has 0 aliphatic carbocycles. The van der Waals surface area contributed by atoms with Crippen LogP contribution in [0.15, 0.2) is 36.9 Å². The molecule has 0 atom stereocenters. The third kappa shape index (κ3) is 2.50. The second-order valence-electron chi connectivity index (χ2n) is 6.04. The van der Waals surface area contributed by atoms with E-state index in [0.717, 1.165) is 38.3 Å². The minimum absolute atomic E-state index is 0.214. The summed E-state index contributed by atoms with van der Waals surface area (Å²) in [6, 6.07) is 4.48. The fourth-order valence-electron chi connectivity index (χ4n) is 3.18. The lowest BCUT2D eigenvalue weighted by molar-refractivity contribution is -0.117. The van der Waals surface area contributed by atoms with Gasteiger partial charge in [-0.1, -0.05) is 6.07 Å². The molecule has 2 aliphatic rings. The molecule has 0 radical (unpaired) electrons. The fourth-order valence-corrected chi connectivity index (χ4v) is 3.18. The van der Waals surface area contributed by atoms with E-state index < -0.39 is 0 Å². The van der Waals surface area contributed by atoms with Gasteiger partial charge in [0.2, 0.25) is 5.91 Å². The number of amides is 1. The molecule has 2 saturated heterocycles. The van der Waals surface area contributed by atoms with Crippen molar-refractivity contribution in [1.29, 1.82) is 0 Å². The van der Waals surface area contributed by atoms with Crippen molar-refractivity contribution < 1.29 is 4.79 Å². The molecule has 0 aromatic carbocycles. The lowest BCUT2D eigenvalue weighted by Gasteiger charge is -2.39. The lowest BCUT2D eigenvalue weighted by Crippen LogP contribution is -2.47. The number of nitrogens with zero attached hydrogens (tertiary/aromatic N) is 5. The zero-order valence-corrected chi connectivity index (χ0v) is 12.4. The monoisotopic (exact) mass is 297 g/mol. The van der Waals surface area contributed by atoms with Crippen LogP contribution in [-0.2, 0) is 11.3 Å². The summed E-state index contributed by atoms with van der Waals surface area (Å²) in [5.41, 5.74) is 2.18. The lowest BCUT2D eigenvalue weighted by atomic mass is 10.1. The molecule has 114 valence electrons. The van der Waals surface area contributed by atoms with E-state index in [4.69, 9.17) is 0 Å². The molecule has 6 heteroatoms. The van der Waals surface area contributed by atoms with Crippen LogP contribution in [0.2, 0.25) is 0 Å². The minimum Gasteiger partial charge on any atom is -0.309 e. The number of rotatable bonds is 4. The van der Waals surface area contributed by atoms with Crippen molar-refractivity contribution in [2.75, 3.05) is 24.5 Å². The van der Waals surface area contributed by atoms with E-state index in [0.29, 0.717) is 12.5 Å². The van der Waals surface area contributed by atoms with Gasteiger partial charge in [-0.3, -0.25) is 19.4 Å². The third-order valence-electron chi connectivity index (χ3n) is 4.41. The number of hydrogen-bond donors (Lipinski definition) is 0. The molecule has 2 aromatic rings. The summed E-state index contributed by atoms with van der Waals surface area (Å²) >= 11 is 0. The highest BCUT2D eigenvalue weighted by molar-refractivity contribution is 5.95. The largest absolute Gasteiger partial charge is 0.309 e. The predicted octanol–water partition coefficient (Wildman–Crippen LogP) is 1.46. The van der Waals surface area contributed by atoms with Crippen LogP contribution in [0.25, 0.3) is 0 Å². The highest BCUT2D eigenvalue weighted by atomic mass is 16.2. The summed E-state index contributed by atoms with van der Waals surface area (Å²) in [4.78, 5) is 20.1. The highest BCUT2D eigenvalue weighted by Crippen LogP contribution is 2.26. The summed E-state index contributed by atoms with van der Waals surface area (Å²) in [6.07, 6.45) is 9.15. The quantitative estimate of drug-likeness (QED) is 0.857. The molecule has 0 unspecified atom stereocenters. The van der Waals surface area contributed by atoms with Gasteiger partial charge in [-0.25, -0.2) is 0 Å². The highest BCUT2D eigenvalue weighted by Gasteiger charge is 2.30. The number of anilines is 1. The van der Waals surface area contributed by atoms with Gasteiger partial charge in [0.05, 0.1) is 17.9 Å². The van der Waals surface area contributed by atoms with Gasteiger partial charge in [0.1, 0.15) is 0 Å².